The second kappa shape index (κ2) is 6.79. The zero-order valence-corrected chi connectivity index (χ0v) is 14.4. The summed E-state index contributed by atoms with van der Waals surface area (Å²) in [5.74, 6) is 2.43. The molecule has 0 amide bonds. The van der Waals surface area contributed by atoms with Crippen molar-refractivity contribution < 1.29 is 8.95 Å². The Kier molecular flexibility index (Phi) is 5.27. The third-order valence-corrected chi connectivity index (χ3v) is 4.35. The molecule has 1 aromatic heterocycles. The third kappa shape index (κ3) is 3.58. The Morgan fingerprint density at radius 2 is 2.10 bits per heavy atom. The molecular formula is C15H21ClN2O2S. The maximum atomic E-state index is 11.5. The van der Waals surface area contributed by atoms with Crippen molar-refractivity contribution in [3.63, 3.8) is 0 Å². The maximum Gasteiger partial charge on any atom is 0.147 e. The van der Waals surface area contributed by atoms with Crippen LogP contribution in [0.15, 0.2) is 18.2 Å². The highest BCUT2D eigenvalue weighted by Gasteiger charge is 2.19. The highest BCUT2D eigenvalue weighted by Crippen LogP contribution is 2.30. The number of benzene rings is 1. The van der Waals surface area contributed by atoms with Gasteiger partial charge in [0.15, 0.2) is 0 Å². The van der Waals surface area contributed by atoms with E-state index in [1.54, 1.807) is 6.26 Å². The number of ether oxygens (including phenoxy) is 1. The van der Waals surface area contributed by atoms with E-state index in [2.05, 4.69) is 9.55 Å². The molecule has 0 aliphatic rings. The average molecular weight is 329 g/mol. The van der Waals surface area contributed by atoms with Gasteiger partial charge in [-0.2, -0.15) is 0 Å². The SMILES string of the molecule is CC(C)Oc1cccc2c1nc(CCl)n2C(C)CS(C)=O. The van der Waals surface area contributed by atoms with Crippen molar-refractivity contribution in [3.05, 3.63) is 24.0 Å². The first-order valence-corrected chi connectivity index (χ1v) is 9.22. The molecule has 2 aromatic rings. The van der Waals surface area contributed by atoms with Gasteiger partial charge in [-0.1, -0.05) is 6.07 Å². The highest BCUT2D eigenvalue weighted by molar-refractivity contribution is 7.84. The third-order valence-electron chi connectivity index (χ3n) is 3.16. The lowest BCUT2D eigenvalue weighted by Gasteiger charge is -2.16. The number of aromatic nitrogens is 2. The van der Waals surface area contributed by atoms with E-state index in [0.29, 0.717) is 11.6 Å². The van der Waals surface area contributed by atoms with E-state index < -0.39 is 10.8 Å². The topological polar surface area (TPSA) is 44.1 Å². The predicted octanol–water partition coefficient (Wildman–Crippen LogP) is 3.50. The summed E-state index contributed by atoms with van der Waals surface area (Å²) in [5.41, 5.74) is 1.79. The molecule has 2 unspecified atom stereocenters. The summed E-state index contributed by atoms with van der Waals surface area (Å²) in [7, 11) is -0.871. The van der Waals surface area contributed by atoms with Crippen molar-refractivity contribution in [3.8, 4) is 5.75 Å². The number of fused-ring (bicyclic) bond motifs is 1. The number of nitrogens with zero attached hydrogens (tertiary/aromatic N) is 2. The van der Waals surface area contributed by atoms with Crippen LogP contribution in [0, 0.1) is 0 Å². The van der Waals surface area contributed by atoms with Crippen molar-refractivity contribution in [2.75, 3.05) is 12.0 Å². The van der Waals surface area contributed by atoms with E-state index >= 15 is 0 Å². The van der Waals surface area contributed by atoms with Crippen LogP contribution < -0.4 is 4.74 Å². The van der Waals surface area contributed by atoms with Gasteiger partial charge in [-0.25, -0.2) is 4.98 Å². The van der Waals surface area contributed by atoms with Crippen molar-refractivity contribution in [1.29, 1.82) is 0 Å². The molecule has 1 aromatic carbocycles. The van der Waals surface area contributed by atoms with E-state index in [-0.39, 0.29) is 12.1 Å². The van der Waals surface area contributed by atoms with Crippen LogP contribution in [-0.2, 0) is 16.7 Å². The van der Waals surface area contributed by atoms with Gasteiger partial charge < -0.3 is 9.30 Å². The van der Waals surface area contributed by atoms with Gasteiger partial charge in [0.25, 0.3) is 0 Å². The van der Waals surface area contributed by atoms with Crippen LogP contribution in [0.2, 0.25) is 0 Å². The Morgan fingerprint density at radius 3 is 2.67 bits per heavy atom. The number of rotatable bonds is 6. The maximum absolute atomic E-state index is 11.5. The van der Waals surface area contributed by atoms with Gasteiger partial charge in [-0.3, -0.25) is 4.21 Å². The van der Waals surface area contributed by atoms with Gasteiger partial charge in [0.05, 0.1) is 17.5 Å². The summed E-state index contributed by atoms with van der Waals surface area (Å²) in [4.78, 5) is 4.62. The molecule has 6 heteroatoms. The summed E-state index contributed by atoms with van der Waals surface area (Å²) in [6.45, 7) is 6.01. The predicted molar refractivity (Wildman–Crippen MR) is 88.7 cm³/mol. The van der Waals surface area contributed by atoms with Crippen molar-refractivity contribution in [1.82, 2.24) is 9.55 Å². The first-order chi connectivity index (χ1) is 9.93. The molecule has 1 heterocycles. The number of halogens is 1. The molecule has 0 spiro atoms. The van der Waals surface area contributed by atoms with Crippen LogP contribution in [-0.4, -0.2) is 31.9 Å². The normalized spacial score (nSPS) is 14.6. The molecular weight excluding hydrogens is 308 g/mol. The summed E-state index contributed by atoms with van der Waals surface area (Å²) in [6, 6.07) is 5.94. The number of hydrogen-bond donors (Lipinski definition) is 0. The van der Waals surface area contributed by atoms with E-state index in [1.165, 1.54) is 0 Å². The number of hydrogen-bond acceptors (Lipinski definition) is 3. The molecule has 2 rings (SSSR count). The molecule has 0 aliphatic carbocycles. The van der Waals surface area contributed by atoms with Crippen LogP contribution in [0.5, 0.6) is 5.75 Å². The molecule has 116 valence electrons. The number of alkyl halides is 1. The monoisotopic (exact) mass is 328 g/mol. The lowest BCUT2D eigenvalue weighted by atomic mass is 10.2. The fourth-order valence-corrected chi connectivity index (χ4v) is 3.51. The first-order valence-electron chi connectivity index (χ1n) is 6.96. The Hall–Kier alpha value is -1.07. The van der Waals surface area contributed by atoms with Crippen LogP contribution in [0.25, 0.3) is 11.0 Å². The average Bonchev–Trinajstić information content (AvgIpc) is 2.76. The van der Waals surface area contributed by atoms with Crippen LogP contribution in [0.1, 0.15) is 32.6 Å². The van der Waals surface area contributed by atoms with E-state index in [0.717, 1.165) is 22.6 Å². The molecule has 2 atom stereocenters. The van der Waals surface area contributed by atoms with Gasteiger partial charge in [0.1, 0.15) is 17.1 Å². The minimum absolute atomic E-state index is 0.0730. The summed E-state index contributed by atoms with van der Waals surface area (Å²) >= 11 is 6.04. The van der Waals surface area contributed by atoms with Gasteiger partial charge in [0.2, 0.25) is 0 Å². The molecule has 0 N–H and O–H groups in total. The molecule has 0 bridgehead atoms. The van der Waals surface area contributed by atoms with Crippen LogP contribution in [0.3, 0.4) is 0 Å². The Balaban J connectivity index is 2.56. The van der Waals surface area contributed by atoms with Crippen molar-refractivity contribution >= 4 is 33.4 Å². The fourth-order valence-electron chi connectivity index (χ4n) is 2.49. The standard InChI is InChI=1S/C15H21ClN2O2S/c1-10(2)20-13-7-5-6-12-15(13)17-14(8-16)18(12)11(3)9-21(4)19/h5-7,10-11H,8-9H2,1-4H3. The summed E-state index contributed by atoms with van der Waals surface area (Å²) in [6.07, 6.45) is 1.80. The van der Waals surface area contributed by atoms with Gasteiger partial charge >= 0.3 is 0 Å². The zero-order valence-electron chi connectivity index (χ0n) is 12.8. The lowest BCUT2D eigenvalue weighted by molar-refractivity contribution is 0.245. The fraction of sp³-hybridized carbons (Fsp3) is 0.533. The molecule has 4 nitrogen and oxygen atoms in total. The first kappa shape index (κ1) is 16.3. The highest BCUT2D eigenvalue weighted by atomic mass is 35.5. The van der Waals surface area contributed by atoms with E-state index in [4.69, 9.17) is 16.3 Å². The van der Waals surface area contributed by atoms with Gasteiger partial charge in [0, 0.05) is 28.9 Å². The molecule has 0 saturated carbocycles. The van der Waals surface area contributed by atoms with Crippen molar-refractivity contribution in [2.45, 2.75) is 38.8 Å². The number of para-hydroxylation sites is 1. The second-order valence-electron chi connectivity index (χ2n) is 5.41. The van der Waals surface area contributed by atoms with Gasteiger partial charge in [-0.05, 0) is 32.9 Å². The minimum atomic E-state index is -0.871. The van der Waals surface area contributed by atoms with Gasteiger partial charge in [-0.15, -0.1) is 11.6 Å². The zero-order chi connectivity index (χ0) is 15.6. The Bertz CT molecular complexity index is 654. The molecule has 0 fully saturated rings. The molecule has 0 radical (unpaired) electrons. The smallest absolute Gasteiger partial charge is 0.147 e. The molecule has 0 saturated heterocycles. The Labute approximate surface area is 132 Å². The van der Waals surface area contributed by atoms with Crippen LogP contribution >= 0.6 is 11.6 Å². The molecule has 21 heavy (non-hydrogen) atoms. The quantitative estimate of drug-likeness (QED) is 0.762. The minimum Gasteiger partial charge on any atom is -0.489 e. The summed E-state index contributed by atoms with van der Waals surface area (Å²) < 4.78 is 19.4. The molecule has 0 aliphatic heterocycles. The van der Waals surface area contributed by atoms with E-state index in [1.807, 2.05) is 39.0 Å². The summed E-state index contributed by atoms with van der Waals surface area (Å²) in [5, 5.41) is 0. The van der Waals surface area contributed by atoms with E-state index in [9.17, 15) is 4.21 Å². The van der Waals surface area contributed by atoms with Crippen LogP contribution in [0.4, 0.5) is 0 Å². The largest absolute Gasteiger partial charge is 0.489 e. The lowest BCUT2D eigenvalue weighted by Crippen LogP contribution is -2.15. The number of imidazole rings is 1. The second-order valence-corrected chi connectivity index (χ2v) is 7.16. The Morgan fingerprint density at radius 1 is 1.38 bits per heavy atom. The van der Waals surface area contributed by atoms with Crippen molar-refractivity contribution in [2.24, 2.45) is 0 Å².